The molecule has 8 nitrogen and oxygen atoms in total. The number of sulfonamides is 1. The van der Waals surface area contributed by atoms with Crippen molar-refractivity contribution in [3.05, 3.63) is 42.6 Å². The number of benzene rings is 1. The summed E-state index contributed by atoms with van der Waals surface area (Å²) in [4.78, 5) is 16.5. The van der Waals surface area contributed by atoms with Crippen molar-refractivity contribution in [3.8, 4) is 5.75 Å². The van der Waals surface area contributed by atoms with E-state index in [1.54, 1.807) is 38.1 Å². The van der Waals surface area contributed by atoms with Gasteiger partial charge in [0.15, 0.2) is 0 Å². The molecule has 0 radical (unpaired) electrons. The van der Waals surface area contributed by atoms with Crippen LogP contribution in [-0.2, 0) is 14.8 Å². The highest BCUT2D eigenvalue weighted by molar-refractivity contribution is 7.89. The molecular formula is C17H22N4O4S. The first kappa shape index (κ1) is 19.7. The van der Waals surface area contributed by atoms with Gasteiger partial charge in [-0.05, 0) is 42.3 Å². The van der Waals surface area contributed by atoms with Gasteiger partial charge >= 0.3 is 0 Å². The number of nitrogens with one attached hydrogen (secondary N) is 2. The number of hydrogen-bond donors (Lipinski definition) is 3. The van der Waals surface area contributed by atoms with E-state index < -0.39 is 22.0 Å². The molecule has 1 heterocycles. The van der Waals surface area contributed by atoms with Gasteiger partial charge in [0.2, 0.25) is 15.9 Å². The Labute approximate surface area is 152 Å². The van der Waals surface area contributed by atoms with E-state index in [1.807, 2.05) is 0 Å². The van der Waals surface area contributed by atoms with Crippen LogP contribution in [0.5, 0.6) is 5.75 Å². The van der Waals surface area contributed by atoms with Crippen molar-refractivity contribution in [2.45, 2.75) is 24.8 Å². The van der Waals surface area contributed by atoms with Gasteiger partial charge in [-0.25, -0.2) is 13.4 Å². The molecule has 1 aromatic heterocycles. The number of nitrogens with two attached hydrogens (primary N) is 1. The molecule has 4 N–H and O–H groups in total. The van der Waals surface area contributed by atoms with E-state index in [0.29, 0.717) is 17.3 Å². The minimum Gasteiger partial charge on any atom is -0.497 e. The Morgan fingerprint density at radius 1 is 1.15 bits per heavy atom. The number of nitrogen functional groups attached to an aromatic ring is 1. The number of anilines is 2. The summed E-state index contributed by atoms with van der Waals surface area (Å²) in [5.41, 5.74) is 5.94. The average Bonchev–Trinajstić information content (AvgIpc) is 2.61. The molecule has 0 bridgehead atoms. The van der Waals surface area contributed by atoms with E-state index in [9.17, 15) is 13.2 Å². The summed E-state index contributed by atoms with van der Waals surface area (Å²) in [6.07, 6.45) is 1.41. The second kappa shape index (κ2) is 8.15. The lowest BCUT2D eigenvalue weighted by atomic mass is 10.1. The van der Waals surface area contributed by atoms with Gasteiger partial charge in [0.25, 0.3) is 0 Å². The van der Waals surface area contributed by atoms with Crippen molar-refractivity contribution >= 4 is 27.4 Å². The second-order valence-corrected chi connectivity index (χ2v) is 7.69. The lowest BCUT2D eigenvalue weighted by molar-refractivity contribution is -0.118. The smallest absolute Gasteiger partial charge is 0.242 e. The Hall–Kier alpha value is -2.65. The van der Waals surface area contributed by atoms with E-state index in [4.69, 9.17) is 10.5 Å². The molecule has 0 saturated heterocycles. The first-order valence-electron chi connectivity index (χ1n) is 7.91. The van der Waals surface area contributed by atoms with Crippen LogP contribution in [0.15, 0.2) is 47.5 Å². The molecule has 1 amide bonds. The van der Waals surface area contributed by atoms with Crippen molar-refractivity contribution in [1.82, 2.24) is 9.71 Å². The Bertz CT molecular complexity index is 849. The third kappa shape index (κ3) is 4.93. The van der Waals surface area contributed by atoms with Crippen LogP contribution in [0.3, 0.4) is 0 Å². The van der Waals surface area contributed by atoms with Gasteiger partial charge in [0, 0.05) is 0 Å². The summed E-state index contributed by atoms with van der Waals surface area (Å²) < 4.78 is 32.6. The minimum atomic E-state index is -3.88. The molecule has 0 aliphatic carbocycles. The molecule has 26 heavy (non-hydrogen) atoms. The number of pyridine rings is 1. The lowest BCUT2D eigenvalue weighted by Crippen LogP contribution is -2.47. The number of rotatable bonds is 7. The molecule has 140 valence electrons. The Balaban J connectivity index is 2.17. The molecule has 0 aliphatic rings. The quantitative estimate of drug-likeness (QED) is 0.672. The summed E-state index contributed by atoms with van der Waals surface area (Å²) in [7, 11) is -2.38. The number of hydrogen-bond acceptors (Lipinski definition) is 6. The van der Waals surface area contributed by atoms with Crippen LogP contribution in [0.2, 0.25) is 0 Å². The number of ether oxygens (including phenoxy) is 1. The maximum absolute atomic E-state index is 12.6. The molecular weight excluding hydrogens is 356 g/mol. The van der Waals surface area contributed by atoms with Crippen LogP contribution in [-0.4, -0.2) is 32.5 Å². The highest BCUT2D eigenvalue weighted by atomic mass is 32.2. The van der Waals surface area contributed by atoms with E-state index in [-0.39, 0.29) is 10.8 Å². The fourth-order valence-electron chi connectivity index (χ4n) is 2.18. The Kier molecular flexibility index (Phi) is 6.17. The largest absolute Gasteiger partial charge is 0.497 e. The van der Waals surface area contributed by atoms with Crippen LogP contribution in [0, 0.1) is 5.92 Å². The van der Waals surface area contributed by atoms with E-state index in [1.165, 1.54) is 25.4 Å². The van der Waals surface area contributed by atoms with Crippen LogP contribution < -0.4 is 20.5 Å². The summed E-state index contributed by atoms with van der Waals surface area (Å²) in [5.74, 6) is 0.106. The number of amides is 1. The SMILES string of the molecule is COc1ccc(S(=O)(=O)NC(C(=O)Nc2ccc(N)nc2)C(C)C)cc1. The molecule has 0 saturated carbocycles. The van der Waals surface area contributed by atoms with Gasteiger partial charge in [-0.3, -0.25) is 4.79 Å². The molecule has 9 heteroatoms. The maximum Gasteiger partial charge on any atom is 0.242 e. The third-order valence-corrected chi connectivity index (χ3v) is 5.11. The zero-order valence-electron chi connectivity index (χ0n) is 14.8. The molecule has 0 aliphatic heterocycles. The first-order valence-corrected chi connectivity index (χ1v) is 9.40. The number of methoxy groups -OCH3 is 1. The maximum atomic E-state index is 12.6. The third-order valence-electron chi connectivity index (χ3n) is 3.65. The molecule has 2 aromatic rings. The topological polar surface area (TPSA) is 123 Å². The fraction of sp³-hybridized carbons (Fsp3) is 0.294. The Morgan fingerprint density at radius 3 is 2.31 bits per heavy atom. The molecule has 1 atom stereocenters. The molecule has 1 aromatic carbocycles. The van der Waals surface area contributed by atoms with Crippen LogP contribution in [0.4, 0.5) is 11.5 Å². The van der Waals surface area contributed by atoms with Crippen LogP contribution in [0.1, 0.15) is 13.8 Å². The van der Waals surface area contributed by atoms with E-state index >= 15 is 0 Å². The van der Waals surface area contributed by atoms with Crippen LogP contribution in [0.25, 0.3) is 0 Å². The van der Waals surface area contributed by atoms with E-state index in [0.717, 1.165) is 0 Å². The van der Waals surface area contributed by atoms with Crippen molar-refractivity contribution < 1.29 is 17.9 Å². The average molecular weight is 378 g/mol. The summed E-state index contributed by atoms with van der Waals surface area (Å²) in [6.45, 7) is 3.50. The van der Waals surface area contributed by atoms with Gasteiger partial charge in [-0.1, -0.05) is 13.8 Å². The number of nitrogens with zero attached hydrogens (tertiary/aromatic N) is 1. The molecule has 0 spiro atoms. The van der Waals surface area contributed by atoms with Crippen LogP contribution >= 0.6 is 0 Å². The van der Waals surface area contributed by atoms with Crippen molar-refractivity contribution in [2.24, 2.45) is 5.92 Å². The van der Waals surface area contributed by atoms with Gasteiger partial charge in [0.05, 0.1) is 23.9 Å². The number of carbonyl (C=O) groups excluding carboxylic acids is 1. The highest BCUT2D eigenvalue weighted by Crippen LogP contribution is 2.17. The predicted molar refractivity (Wildman–Crippen MR) is 99.2 cm³/mol. The van der Waals surface area contributed by atoms with E-state index in [2.05, 4.69) is 15.0 Å². The second-order valence-electron chi connectivity index (χ2n) is 5.98. The zero-order valence-corrected chi connectivity index (χ0v) is 15.6. The normalized spacial score (nSPS) is 12.6. The molecule has 2 rings (SSSR count). The number of carbonyl (C=O) groups is 1. The van der Waals surface area contributed by atoms with Crippen molar-refractivity contribution in [1.29, 1.82) is 0 Å². The summed E-state index contributed by atoms with van der Waals surface area (Å²) in [6, 6.07) is 8.09. The fourth-order valence-corrected chi connectivity index (χ4v) is 3.53. The summed E-state index contributed by atoms with van der Waals surface area (Å²) in [5, 5.41) is 2.64. The zero-order chi connectivity index (χ0) is 19.3. The molecule has 0 fully saturated rings. The van der Waals surface area contributed by atoms with Gasteiger partial charge in [-0.2, -0.15) is 4.72 Å². The minimum absolute atomic E-state index is 0.0471. The lowest BCUT2D eigenvalue weighted by Gasteiger charge is -2.21. The summed E-state index contributed by atoms with van der Waals surface area (Å²) >= 11 is 0. The highest BCUT2D eigenvalue weighted by Gasteiger charge is 2.28. The van der Waals surface area contributed by atoms with Gasteiger partial charge < -0.3 is 15.8 Å². The Morgan fingerprint density at radius 2 is 1.81 bits per heavy atom. The van der Waals surface area contributed by atoms with Gasteiger partial charge in [-0.15, -0.1) is 0 Å². The monoisotopic (exact) mass is 378 g/mol. The van der Waals surface area contributed by atoms with Crippen molar-refractivity contribution in [3.63, 3.8) is 0 Å². The number of aromatic nitrogens is 1. The van der Waals surface area contributed by atoms with Gasteiger partial charge in [0.1, 0.15) is 17.6 Å². The first-order chi connectivity index (χ1) is 12.2. The standard InChI is InChI=1S/C17H22N4O4S/c1-11(2)16(17(22)20-12-4-9-15(18)19-10-12)21-26(23,24)14-7-5-13(25-3)6-8-14/h4-11,16,21H,1-3H3,(H2,18,19)(H,20,22). The molecule has 1 unspecified atom stereocenters. The predicted octanol–water partition coefficient (Wildman–Crippen LogP) is 1.61. The van der Waals surface area contributed by atoms with Crippen molar-refractivity contribution in [2.75, 3.05) is 18.2 Å².